The van der Waals surface area contributed by atoms with Gasteiger partial charge in [0.15, 0.2) is 15.5 Å². The third-order valence-electron chi connectivity index (χ3n) is 6.10. The summed E-state index contributed by atoms with van der Waals surface area (Å²) in [5.41, 5.74) is 10.4. The van der Waals surface area contributed by atoms with E-state index in [1.54, 1.807) is 0 Å². The fourth-order valence-corrected chi connectivity index (χ4v) is 6.76. The molecule has 1 aliphatic carbocycles. The van der Waals surface area contributed by atoms with Crippen molar-refractivity contribution < 1.29 is 22.0 Å². The number of hydrogen-bond donors (Lipinski definition) is 3. The Kier molecular flexibility index (Phi) is 5.49. The number of nitrogens with one attached hydrogen (secondary N) is 1. The van der Waals surface area contributed by atoms with Crippen LogP contribution in [0, 0.1) is 11.6 Å². The monoisotopic (exact) mass is 463 g/mol. The quantitative estimate of drug-likeness (QED) is 0.637. The zero-order chi connectivity index (χ0) is 23.1. The minimum absolute atomic E-state index is 0.0542. The summed E-state index contributed by atoms with van der Waals surface area (Å²) >= 11 is 0. The molecular weight excluding hydrogens is 440 g/mol. The first kappa shape index (κ1) is 22.3. The van der Waals surface area contributed by atoms with Crippen molar-refractivity contribution in [3.05, 3.63) is 59.4 Å². The van der Waals surface area contributed by atoms with Gasteiger partial charge in [0.2, 0.25) is 0 Å². The lowest BCUT2D eigenvalue weighted by molar-refractivity contribution is 0.102. The number of carbonyl (C=O) groups excluding carboxylic acids is 1. The van der Waals surface area contributed by atoms with Crippen molar-refractivity contribution in [1.82, 2.24) is 4.98 Å². The molecule has 1 spiro atoms. The fraction of sp³-hybridized carbons (Fsp3) is 0.381. The SMILES string of the molecule is NC1=NC(N)(c2cc(NC(=O)c3ccc(F)cn3)ccc2F)CS(=O)(=O)C12CCCCC2. The summed E-state index contributed by atoms with van der Waals surface area (Å²) in [7, 11) is -3.83. The Balaban J connectivity index is 1.69. The number of carbonyl (C=O) groups is 1. The Bertz CT molecular complexity index is 1190. The van der Waals surface area contributed by atoms with E-state index in [0.717, 1.165) is 24.8 Å². The lowest BCUT2D eigenvalue weighted by Gasteiger charge is -2.43. The Hall–Kier alpha value is -2.92. The number of nitrogens with two attached hydrogens (primary N) is 2. The van der Waals surface area contributed by atoms with Gasteiger partial charge in [0.05, 0.1) is 11.9 Å². The van der Waals surface area contributed by atoms with Crippen LogP contribution in [0.4, 0.5) is 14.5 Å². The van der Waals surface area contributed by atoms with Crippen molar-refractivity contribution in [2.45, 2.75) is 42.5 Å². The van der Waals surface area contributed by atoms with Crippen LogP contribution in [0.25, 0.3) is 0 Å². The molecule has 170 valence electrons. The summed E-state index contributed by atoms with van der Waals surface area (Å²) < 4.78 is 53.1. The first-order valence-corrected chi connectivity index (χ1v) is 11.8. The van der Waals surface area contributed by atoms with E-state index in [2.05, 4.69) is 15.3 Å². The van der Waals surface area contributed by atoms with Crippen molar-refractivity contribution in [2.24, 2.45) is 16.5 Å². The highest BCUT2D eigenvalue weighted by molar-refractivity contribution is 7.93. The van der Waals surface area contributed by atoms with Gasteiger partial charge >= 0.3 is 0 Å². The molecule has 11 heteroatoms. The molecule has 1 atom stereocenters. The van der Waals surface area contributed by atoms with E-state index in [1.165, 1.54) is 18.2 Å². The van der Waals surface area contributed by atoms with Gasteiger partial charge in [-0.25, -0.2) is 27.2 Å². The molecule has 1 aromatic carbocycles. The minimum atomic E-state index is -3.83. The summed E-state index contributed by atoms with van der Waals surface area (Å²) in [6, 6.07) is 5.85. The van der Waals surface area contributed by atoms with Crippen LogP contribution >= 0.6 is 0 Å². The Labute approximate surface area is 184 Å². The van der Waals surface area contributed by atoms with Gasteiger partial charge in [-0.15, -0.1) is 0 Å². The molecule has 0 saturated heterocycles. The highest BCUT2D eigenvalue weighted by Gasteiger charge is 2.55. The topological polar surface area (TPSA) is 141 Å². The van der Waals surface area contributed by atoms with Crippen molar-refractivity contribution in [3.8, 4) is 0 Å². The first-order chi connectivity index (χ1) is 15.1. The van der Waals surface area contributed by atoms with Gasteiger partial charge in [0.25, 0.3) is 5.91 Å². The second-order valence-corrected chi connectivity index (χ2v) is 10.5. The summed E-state index contributed by atoms with van der Waals surface area (Å²) in [6.07, 6.45) is 3.96. The van der Waals surface area contributed by atoms with Crippen LogP contribution in [0.15, 0.2) is 41.5 Å². The third-order valence-corrected chi connectivity index (χ3v) is 8.73. The van der Waals surface area contributed by atoms with E-state index in [1.807, 2.05) is 0 Å². The summed E-state index contributed by atoms with van der Waals surface area (Å²) in [5.74, 6) is -2.74. The molecule has 1 fully saturated rings. The lowest BCUT2D eigenvalue weighted by Crippen LogP contribution is -2.61. The zero-order valence-electron chi connectivity index (χ0n) is 17.1. The number of sulfone groups is 1. The van der Waals surface area contributed by atoms with Gasteiger partial charge in [-0.1, -0.05) is 19.3 Å². The van der Waals surface area contributed by atoms with Gasteiger partial charge in [-0.2, -0.15) is 0 Å². The molecule has 0 bridgehead atoms. The maximum atomic E-state index is 14.8. The highest BCUT2D eigenvalue weighted by atomic mass is 32.2. The van der Waals surface area contributed by atoms with E-state index in [9.17, 15) is 22.0 Å². The van der Waals surface area contributed by atoms with Crippen LogP contribution in [0.5, 0.6) is 0 Å². The Morgan fingerprint density at radius 3 is 2.44 bits per heavy atom. The Morgan fingerprint density at radius 2 is 1.81 bits per heavy atom. The predicted octanol–water partition coefficient (Wildman–Crippen LogP) is 2.21. The number of amides is 1. The number of hydrogen-bond acceptors (Lipinski definition) is 7. The van der Waals surface area contributed by atoms with Gasteiger partial charge in [-0.05, 0) is 43.2 Å². The number of anilines is 1. The summed E-state index contributed by atoms with van der Waals surface area (Å²) in [6.45, 7) is 0. The smallest absolute Gasteiger partial charge is 0.274 e. The number of aliphatic imine (C=N–C) groups is 1. The summed E-state index contributed by atoms with van der Waals surface area (Å²) in [4.78, 5) is 20.4. The second kappa shape index (κ2) is 7.89. The van der Waals surface area contributed by atoms with E-state index >= 15 is 0 Å². The number of halogens is 2. The van der Waals surface area contributed by atoms with Crippen LogP contribution in [0.3, 0.4) is 0 Å². The van der Waals surface area contributed by atoms with Gasteiger partial charge in [-0.3, -0.25) is 4.79 Å². The largest absolute Gasteiger partial charge is 0.386 e. The van der Waals surface area contributed by atoms with Gasteiger partial charge < -0.3 is 16.8 Å². The van der Waals surface area contributed by atoms with E-state index in [-0.39, 0.29) is 22.8 Å². The normalized spacial score (nSPS) is 24.0. The van der Waals surface area contributed by atoms with Crippen LogP contribution in [0.2, 0.25) is 0 Å². The molecule has 32 heavy (non-hydrogen) atoms. The van der Waals surface area contributed by atoms with Crippen LogP contribution in [0.1, 0.15) is 48.2 Å². The standard InChI is InChI=1S/C21H23F2N5O3S/c22-13-4-7-17(26-11-13)18(29)27-14-5-6-16(23)15(10-14)21(25)12-32(30,31)20(19(24)28-21)8-2-1-3-9-20/h4-7,10-11H,1-3,8-9,12,25H2,(H2,24,28)(H,27,29). The van der Waals surface area contributed by atoms with Gasteiger partial charge in [0, 0.05) is 11.3 Å². The third kappa shape index (κ3) is 3.75. The number of aromatic nitrogens is 1. The van der Waals surface area contributed by atoms with Crippen molar-refractivity contribution in [2.75, 3.05) is 11.1 Å². The summed E-state index contributed by atoms with van der Waals surface area (Å²) in [5, 5.41) is 2.52. The fourth-order valence-electron chi connectivity index (χ4n) is 4.40. The molecule has 1 saturated carbocycles. The van der Waals surface area contributed by atoms with Crippen molar-refractivity contribution in [1.29, 1.82) is 0 Å². The number of rotatable bonds is 3. The molecule has 2 aromatic rings. The molecule has 1 unspecified atom stereocenters. The van der Waals surface area contributed by atoms with Gasteiger partial charge in [0.1, 0.15) is 27.9 Å². The number of nitrogens with zero attached hydrogens (tertiary/aromatic N) is 2. The molecule has 1 aromatic heterocycles. The lowest BCUT2D eigenvalue weighted by atomic mass is 9.86. The molecule has 5 N–H and O–H groups in total. The number of benzene rings is 1. The average Bonchev–Trinajstić information content (AvgIpc) is 2.74. The molecule has 4 rings (SSSR count). The maximum absolute atomic E-state index is 14.8. The number of amidine groups is 1. The molecule has 1 aliphatic heterocycles. The average molecular weight is 464 g/mol. The molecular formula is C21H23F2N5O3S. The molecule has 8 nitrogen and oxygen atoms in total. The second-order valence-electron chi connectivity index (χ2n) is 8.25. The molecule has 2 aliphatic rings. The van der Waals surface area contributed by atoms with Crippen LogP contribution in [-0.4, -0.2) is 35.6 Å². The van der Waals surface area contributed by atoms with E-state index < -0.39 is 43.5 Å². The van der Waals surface area contributed by atoms with Crippen molar-refractivity contribution in [3.63, 3.8) is 0 Å². The molecule has 2 heterocycles. The van der Waals surface area contributed by atoms with Crippen LogP contribution in [-0.2, 0) is 15.5 Å². The van der Waals surface area contributed by atoms with Crippen LogP contribution < -0.4 is 16.8 Å². The zero-order valence-corrected chi connectivity index (χ0v) is 18.0. The molecule has 1 amide bonds. The van der Waals surface area contributed by atoms with E-state index in [4.69, 9.17) is 11.5 Å². The van der Waals surface area contributed by atoms with Crippen molar-refractivity contribution >= 4 is 27.3 Å². The minimum Gasteiger partial charge on any atom is -0.386 e. The number of pyridine rings is 1. The Morgan fingerprint density at radius 1 is 1.09 bits per heavy atom. The molecule has 0 radical (unpaired) electrons. The predicted molar refractivity (Wildman–Crippen MR) is 116 cm³/mol. The van der Waals surface area contributed by atoms with E-state index in [0.29, 0.717) is 25.7 Å². The highest BCUT2D eigenvalue weighted by Crippen LogP contribution is 2.43. The first-order valence-electron chi connectivity index (χ1n) is 10.2. The maximum Gasteiger partial charge on any atom is 0.274 e.